The fourth-order valence-corrected chi connectivity index (χ4v) is 2.33. The summed E-state index contributed by atoms with van der Waals surface area (Å²) in [6.07, 6.45) is 1.55. The second-order valence-electron chi connectivity index (χ2n) is 5.60. The monoisotopic (exact) mass is 360 g/mol. The molecule has 0 bridgehead atoms. The standard InChI is InChI=1S/C19H16N6O2/c1-12(2)25-17(10-16(24-25)18(26)21-3)15-8-9-22-19(23-15)27-14-6-4-13(11-20)5-7-14/h4-10H,1H2,2-3H3,(H,21,26). The van der Waals surface area contributed by atoms with Gasteiger partial charge in [-0.15, -0.1) is 0 Å². The van der Waals surface area contributed by atoms with Crippen LogP contribution in [0.3, 0.4) is 0 Å². The third-order valence-electron chi connectivity index (χ3n) is 3.62. The van der Waals surface area contributed by atoms with Gasteiger partial charge in [0.05, 0.1) is 23.0 Å². The number of nitrogens with one attached hydrogen (secondary N) is 1. The largest absolute Gasteiger partial charge is 0.424 e. The van der Waals surface area contributed by atoms with Crippen molar-refractivity contribution in [1.29, 1.82) is 5.26 Å². The van der Waals surface area contributed by atoms with Gasteiger partial charge in [0.25, 0.3) is 5.91 Å². The number of carbonyl (C=O) groups excluding carboxylic acids is 1. The Morgan fingerprint density at radius 1 is 1.30 bits per heavy atom. The molecular weight excluding hydrogens is 344 g/mol. The number of hydrogen-bond acceptors (Lipinski definition) is 6. The topological polar surface area (TPSA) is 106 Å². The van der Waals surface area contributed by atoms with Crippen molar-refractivity contribution in [3.8, 4) is 29.2 Å². The molecule has 3 aromatic rings. The lowest BCUT2D eigenvalue weighted by molar-refractivity contribution is 0.0958. The molecule has 2 aromatic heterocycles. The molecule has 0 spiro atoms. The number of nitriles is 1. The number of nitrogens with zero attached hydrogens (tertiary/aromatic N) is 5. The summed E-state index contributed by atoms with van der Waals surface area (Å²) in [6, 6.07) is 12.1. The maximum absolute atomic E-state index is 11.9. The molecule has 0 aliphatic carbocycles. The van der Waals surface area contributed by atoms with Gasteiger partial charge >= 0.3 is 6.01 Å². The van der Waals surface area contributed by atoms with Gasteiger partial charge in [0.2, 0.25) is 0 Å². The van der Waals surface area contributed by atoms with E-state index in [-0.39, 0.29) is 17.6 Å². The molecule has 0 aliphatic rings. The van der Waals surface area contributed by atoms with Crippen molar-refractivity contribution >= 4 is 11.6 Å². The molecule has 3 rings (SSSR count). The SMILES string of the molecule is C=C(C)n1nc(C(=O)NC)cc1-c1ccnc(Oc2ccc(C#N)cc2)n1. The van der Waals surface area contributed by atoms with Gasteiger partial charge < -0.3 is 10.1 Å². The lowest BCUT2D eigenvalue weighted by atomic mass is 10.2. The molecule has 2 heterocycles. The van der Waals surface area contributed by atoms with Gasteiger partial charge in [-0.1, -0.05) is 6.58 Å². The average Bonchev–Trinajstić information content (AvgIpc) is 3.14. The maximum atomic E-state index is 11.9. The predicted octanol–water partition coefficient (Wildman–Crippen LogP) is 2.85. The highest BCUT2D eigenvalue weighted by Crippen LogP contribution is 2.24. The van der Waals surface area contributed by atoms with Crippen molar-refractivity contribution < 1.29 is 9.53 Å². The summed E-state index contributed by atoms with van der Waals surface area (Å²) in [7, 11) is 1.54. The highest BCUT2D eigenvalue weighted by atomic mass is 16.5. The zero-order valence-corrected chi connectivity index (χ0v) is 14.8. The molecule has 0 aliphatic heterocycles. The third-order valence-corrected chi connectivity index (χ3v) is 3.62. The molecule has 0 unspecified atom stereocenters. The average molecular weight is 360 g/mol. The van der Waals surface area contributed by atoms with E-state index in [2.05, 4.69) is 27.0 Å². The van der Waals surface area contributed by atoms with Crippen LogP contribution >= 0.6 is 0 Å². The van der Waals surface area contributed by atoms with Crippen molar-refractivity contribution in [1.82, 2.24) is 25.1 Å². The van der Waals surface area contributed by atoms with Crippen LogP contribution < -0.4 is 10.1 Å². The number of ether oxygens (including phenoxy) is 1. The van der Waals surface area contributed by atoms with Crippen LogP contribution in [0.25, 0.3) is 17.1 Å². The van der Waals surface area contributed by atoms with E-state index in [1.807, 2.05) is 6.07 Å². The molecule has 0 atom stereocenters. The molecule has 0 saturated carbocycles. The van der Waals surface area contributed by atoms with Gasteiger partial charge in [-0.2, -0.15) is 15.3 Å². The van der Waals surface area contributed by atoms with Crippen molar-refractivity contribution in [2.45, 2.75) is 6.92 Å². The first-order valence-corrected chi connectivity index (χ1v) is 8.01. The van der Waals surface area contributed by atoms with Gasteiger partial charge in [-0.25, -0.2) is 9.67 Å². The highest BCUT2D eigenvalue weighted by Gasteiger charge is 2.17. The van der Waals surface area contributed by atoms with E-state index < -0.39 is 0 Å². The molecule has 0 radical (unpaired) electrons. The van der Waals surface area contributed by atoms with Crippen molar-refractivity contribution in [3.63, 3.8) is 0 Å². The minimum Gasteiger partial charge on any atom is -0.424 e. The van der Waals surface area contributed by atoms with Gasteiger partial charge in [-0.3, -0.25) is 4.79 Å². The molecule has 1 amide bonds. The van der Waals surface area contributed by atoms with E-state index in [4.69, 9.17) is 10.00 Å². The smallest absolute Gasteiger partial charge is 0.322 e. The van der Waals surface area contributed by atoms with Crippen LogP contribution in [0.15, 0.2) is 49.2 Å². The minimum absolute atomic E-state index is 0.133. The van der Waals surface area contributed by atoms with Crippen molar-refractivity contribution in [3.05, 3.63) is 60.4 Å². The maximum Gasteiger partial charge on any atom is 0.322 e. The Hall–Kier alpha value is -3.99. The molecule has 8 nitrogen and oxygen atoms in total. The molecular formula is C19H16N6O2. The summed E-state index contributed by atoms with van der Waals surface area (Å²) in [5.41, 5.74) is 2.54. The van der Waals surface area contributed by atoms with E-state index >= 15 is 0 Å². The molecule has 1 aromatic carbocycles. The second-order valence-corrected chi connectivity index (χ2v) is 5.60. The van der Waals surface area contributed by atoms with E-state index in [1.54, 1.807) is 54.2 Å². The Bertz CT molecular complexity index is 1050. The van der Waals surface area contributed by atoms with Gasteiger partial charge in [0.1, 0.15) is 5.75 Å². The number of benzene rings is 1. The number of amides is 1. The molecule has 0 fully saturated rings. The van der Waals surface area contributed by atoms with Crippen molar-refractivity contribution in [2.24, 2.45) is 0 Å². The Labute approximate surface area is 155 Å². The first-order chi connectivity index (χ1) is 13.0. The lowest BCUT2D eigenvalue weighted by Gasteiger charge is -2.07. The van der Waals surface area contributed by atoms with Gasteiger partial charge in [0, 0.05) is 18.9 Å². The Morgan fingerprint density at radius 3 is 2.67 bits per heavy atom. The number of hydrogen-bond donors (Lipinski definition) is 1. The van der Waals surface area contributed by atoms with Crippen LogP contribution in [0.2, 0.25) is 0 Å². The summed E-state index contributed by atoms with van der Waals surface area (Å²) < 4.78 is 7.19. The zero-order valence-electron chi connectivity index (χ0n) is 14.8. The van der Waals surface area contributed by atoms with Gasteiger partial charge in [0.15, 0.2) is 5.69 Å². The number of allylic oxidation sites excluding steroid dienone is 1. The first-order valence-electron chi connectivity index (χ1n) is 8.01. The Morgan fingerprint density at radius 2 is 2.04 bits per heavy atom. The molecule has 134 valence electrons. The van der Waals surface area contributed by atoms with Gasteiger partial charge in [-0.05, 0) is 43.3 Å². The predicted molar refractivity (Wildman–Crippen MR) is 98.9 cm³/mol. The van der Waals surface area contributed by atoms with E-state index in [9.17, 15) is 4.79 Å². The summed E-state index contributed by atoms with van der Waals surface area (Å²) >= 11 is 0. The first kappa shape index (κ1) is 17.8. The minimum atomic E-state index is -0.306. The second kappa shape index (κ2) is 7.49. The fourth-order valence-electron chi connectivity index (χ4n) is 2.33. The number of rotatable bonds is 5. The van der Waals surface area contributed by atoms with Crippen molar-refractivity contribution in [2.75, 3.05) is 7.05 Å². The molecule has 1 N–H and O–H groups in total. The number of aromatic nitrogens is 4. The lowest BCUT2D eigenvalue weighted by Crippen LogP contribution is -2.18. The molecule has 0 saturated heterocycles. The molecule has 27 heavy (non-hydrogen) atoms. The Balaban J connectivity index is 1.95. The molecule has 8 heteroatoms. The fraction of sp³-hybridized carbons (Fsp3) is 0.105. The zero-order chi connectivity index (χ0) is 19.4. The van der Waals surface area contributed by atoms with Crippen LogP contribution in [-0.2, 0) is 0 Å². The summed E-state index contributed by atoms with van der Waals surface area (Å²) in [4.78, 5) is 20.4. The summed E-state index contributed by atoms with van der Waals surface area (Å²) in [6.45, 7) is 5.66. The van der Waals surface area contributed by atoms with Crippen LogP contribution in [-0.4, -0.2) is 32.7 Å². The van der Waals surface area contributed by atoms with E-state index in [1.165, 1.54) is 7.05 Å². The number of carbonyl (C=O) groups is 1. The van der Waals surface area contributed by atoms with E-state index in [0.717, 1.165) is 0 Å². The normalized spacial score (nSPS) is 10.1. The summed E-state index contributed by atoms with van der Waals surface area (Å²) in [5.74, 6) is 0.199. The summed E-state index contributed by atoms with van der Waals surface area (Å²) in [5, 5.41) is 15.7. The van der Waals surface area contributed by atoms with Crippen LogP contribution in [0.5, 0.6) is 11.8 Å². The third kappa shape index (κ3) is 3.82. The van der Waals surface area contributed by atoms with Crippen LogP contribution in [0.4, 0.5) is 0 Å². The van der Waals surface area contributed by atoms with Crippen LogP contribution in [0.1, 0.15) is 23.0 Å². The van der Waals surface area contributed by atoms with E-state index in [0.29, 0.717) is 28.4 Å². The Kier molecular flexibility index (Phi) is 4.95. The highest BCUT2D eigenvalue weighted by molar-refractivity contribution is 5.93. The quantitative estimate of drug-likeness (QED) is 0.750. The van der Waals surface area contributed by atoms with Crippen LogP contribution in [0, 0.1) is 11.3 Å².